The zero-order valence-electron chi connectivity index (χ0n) is 11.7. The van der Waals surface area contributed by atoms with Crippen molar-refractivity contribution in [1.29, 1.82) is 5.26 Å². The van der Waals surface area contributed by atoms with Gasteiger partial charge in [0, 0.05) is 18.2 Å². The van der Waals surface area contributed by atoms with Gasteiger partial charge in [0.05, 0.1) is 12.6 Å². The number of hydrogen-bond acceptors (Lipinski definition) is 7. The van der Waals surface area contributed by atoms with Gasteiger partial charge in [-0.15, -0.1) is 0 Å². The van der Waals surface area contributed by atoms with Crippen molar-refractivity contribution < 1.29 is 4.74 Å². The quantitative estimate of drug-likeness (QED) is 0.687. The number of ether oxygens (including phenoxy) is 1. The smallest absolute Gasteiger partial charge is 0.187 e. The molecule has 3 heterocycles. The molecule has 1 saturated heterocycles. The summed E-state index contributed by atoms with van der Waals surface area (Å²) < 4.78 is 5.48. The van der Waals surface area contributed by atoms with Crippen LogP contribution in [0.1, 0.15) is 18.5 Å². The lowest BCUT2D eigenvalue weighted by Gasteiger charge is -2.24. The van der Waals surface area contributed by atoms with Gasteiger partial charge in [-0.2, -0.15) is 5.26 Å². The summed E-state index contributed by atoms with van der Waals surface area (Å²) in [4.78, 5) is 13.1. The van der Waals surface area contributed by atoms with E-state index in [0.717, 1.165) is 30.4 Å². The van der Waals surface area contributed by atoms with Gasteiger partial charge in [0.2, 0.25) is 0 Å². The van der Waals surface area contributed by atoms with Crippen molar-refractivity contribution >= 4 is 28.5 Å². The van der Waals surface area contributed by atoms with Crippen molar-refractivity contribution in [2.45, 2.75) is 24.0 Å². The average Bonchev–Trinajstić information content (AvgIpc) is 2.55. The molecule has 2 aromatic heterocycles. The van der Waals surface area contributed by atoms with Crippen molar-refractivity contribution in [3.63, 3.8) is 0 Å². The largest absolute Gasteiger partial charge is 0.379 e. The Hall–Kier alpha value is -1.91. The molecule has 3 rings (SSSR count). The molecule has 7 heteroatoms. The molecule has 0 bridgehead atoms. The molecule has 0 spiro atoms. The van der Waals surface area contributed by atoms with Gasteiger partial charge in [0.1, 0.15) is 17.3 Å². The number of anilines is 1. The Morgan fingerprint density at radius 1 is 1.48 bits per heavy atom. The molecule has 1 aliphatic heterocycles. The lowest BCUT2D eigenvalue weighted by molar-refractivity contribution is 0.0875. The number of aromatic nitrogens is 3. The van der Waals surface area contributed by atoms with Crippen LogP contribution in [-0.4, -0.2) is 40.5 Å². The summed E-state index contributed by atoms with van der Waals surface area (Å²) in [6, 6.07) is 4.00. The zero-order chi connectivity index (χ0) is 14.7. The second kappa shape index (κ2) is 6.24. The first-order valence-electron chi connectivity index (χ1n) is 6.76. The zero-order valence-corrected chi connectivity index (χ0v) is 12.5. The highest BCUT2D eigenvalue weighted by molar-refractivity contribution is 7.98. The molecule has 108 valence electrons. The first-order valence-corrected chi connectivity index (χ1v) is 7.99. The monoisotopic (exact) mass is 301 g/mol. The van der Waals surface area contributed by atoms with Crippen LogP contribution in [0.25, 0.3) is 10.9 Å². The topological polar surface area (TPSA) is 83.7 Å². The van der Waals surface area contributed by atoms with Crippen molar-refractivity contribution in [1.82, 2.24) is 15.0 Å². The average molecular weight is 301 g/mol. The Kier molecular flexibility index (Phi) is 4.18. The van der Waals surface area contributed by atoms with Gasteiger partial charge in [0.15, 0.2) is 11.0 Å². The van der Waals surface area contributed by atoms with Crippen LogP contribution in [0.3, 0.4) is 0 Å². The minimum absolute atomic E-state index is 0.205. The van der Waals surface area contributed by atoms with Crippen molar-refractivity contribution in [2.24, 2.45) is 0 Å². The van der Waals surface area contributed by atoms with Gasteiger partial charge >= 0.3 is 0 Å². The maximum absolute atomic E-state index is 9.12. The lowest BCUT2D eigenvalue weighted by atomic mass is 10.1. The standard InChI is InChI=1S/C14H15N5OS/c1-21-14-16-7-9-5-11(6-15)18-13(12(9)19-14)17-10-3-2-4-20-8-10/h5,7,10H,2-4,8H2,1H3,(H,17,18)/t10-/m1/s1. The van der Waals surface area contributed by atoms with E-state index in [9.17, 15) is 0 Å². The van der Waals surface area contributed by atoms with E-state index >= 15 is 0 Å². The number of hydrogen-bond donors (Lipinski definition) is 1. The van der Waals surface area contributed by atoms with Gasteiger partial charge < -0.3 is 10.1 Å². The number of thioether (sulfide) groups is 1. The summed E-state index contributed by atoms with van der Waals surface area (Å²) in [5.74, 6) is 0.636. The van der Waals surface area contributed by atoms with E-state index in [0.29, 0.717) is 23.3 Å². The van der Waals surface area contributed by atoms with Crippen molar-refractivity contribution in [2.75, 3.05) is 24.8 Å². The summed E-state index contributed by atoms with van der Waals surface area (Å²) in [5.41, 5.74) is 1.11. The van der Waals surface area contributed by atoms with E-state index < -0.39 is 0 Å². The van der Waals surface area contributed by atoms with E-state index in [1.807, 2.05) is 6.26 Å². The molecule has 1 aliphatic rings. The van der Waals surface area contributed by atoms with Crippen LogP contribution in [0, 0.1) is 11.3 Å². The van der Waals surface area contributed by atoms with Crippen LogP contribution in [0.5, 0.6) is 0 Å². The van der Waals surface area contributed by atoms with Crippen LogP contribution in [0.2, 0.25) is 0 Å². The van der Waals surface area contributed by atoms with Crippen LogP contribution >= 0.6 is 11.8 Å². The molecular weight excluding hydrogens is 286 g/mol. The van der Waals surface area contributed by atoms with Gasteiger partial charge in [-0.1, -0.05) is 11.8 Å². The number of pyridine rings is 1. The Morgan fingerprint density at radius 3 is 3.10 bits per heavy atom. The third-order valence-corrected chi connectivity index (χ3v) is 3.90. The van der Waals surface area contributed by atoms with Crippen LogP contribution < -0.4 is 5.32 Å². The van der Waals surface area contributed by atoms with E-state index in [4.69, 9.17) is 10.00 Å². The first-order chi connectivity index (χ1) is 10.3. The third-order valence-electron chi connectivity index (χ3n) is 3.34. The van der Waals surface area contributed by atoms with Gasteiger partial charge in [-0.25, -0.2) is 15.0 Å². The molecule has 0 saturated carbocycles. The number of nitrogens with one attached hydrogen (secondary N) is 1. The molecule has 6 nitrogen and oxygen atoms in total. The van der Waals surface area contributed by atoms with Crippen LogP contribution in [-0.2, 0) is 4.74 Å². The second-order valence-corrected chi connectivity index (χ2v) is 5.59. The molecule has 1 fully saturated rings. The molecule has 0 radical (unpaired) electrons. The van der Waals surface area contributed by atoms with E-state index in [1.165, 1.54) is 11.8 Å². The maximum atomic E-state index is 9.12. The molecule has 21 heavy (non-hydrogen) atoms. The fourth-order valence-corrected chi connectivity index (χ4v) is 2.67. The fraction of sp³-hybridized carbons (Fsp3) is 0.429. The van der Waals surface area contributed by atoms with Gasteiger partial charge in [-0.05, 0) is 25.2 Å². The number of rotatable bonds is 3. The van der Waals surface area contributed by atoms with Crippen LogP contribution in [0.15, 0.2) is 17.4 Å². The fourth-order valence-electron chi connectivity index (χ4n) is 2.33. The second-order valence-electron chi connectivity index (χ2n) is 4.82. The van der Waals surface area contributed by atoms with Crippen molar-refractivity contribution in [3.05, 3.63) is 18.0 Å². The predicted molar refractivity (Wildman–Crippen MR) is 81.3 cm³/mol. The Balaban J connectivity index is 2.02. The summed E-state index contributed by atoms with van der Waals surface area (Å²) >= 11 is 1.48. The summed E-state index contributed by atoms with van der Waals surface area (Å²) in [5, 5.41) is 14.0. The molecule has 0 aromatic carbocycles. The minimum Gasteiger partial charge on any atom is -0.379 e. The van der Waals surface area contributed by atoms with E-state index in [-0.39, 0.29) is 6.04 Å². The highest BCUT2D eigenvalue weighted by Gasteiger charge is 2.17. The minimum atomic E-state index is 0.205. The van der Waals surface area contributed by atoms with Gasteiger partial charge in [0.25, 0.3) is 0 Å². The third kappa shape index (κ3) is 3.06. The Morgan fingerprint density at radius 2 is 2.38 bits per heavy atom. The summed E-state index contributed by atoms with van der Waals surface area (Å²) in [6.07, 6.45) is 5.72. The molecule has 2 aromatic rings. The predicted octanol–water partition coefficient (Wildman–Crippen LogP) is 2.21. The Bertz CT molecular complexity index is 694. The molecule has 1 N–H and O–H groups in total. The number of nitriles is 1. The number of fused-ring (bicyclic) bond motifs is 1. The number of nitrogens with zero attached hydrogens (tertiary/aromatic N) is 4. The Labute approximate surface area is 126 Å². The molecule has 0 aliphatic carbocycles. The van der Waals surface area contributed by atoms with E-state index in [2.05, 4.69) is 26.3 Å². The summed E-state index contributed by atoms with van der Waals surface area (Å²) in [7, 11) is 0. The normalized spacial score (nSPS) is 18.4. The van der Waals surface area contributed by atoms with Gasteiger partial charge in [-0.3, -0.25) is 0 Å². The maximum Gasteiger partial charge on any atom is 0.187 e. The highest BCUT2D eigenvalue weighted by atomic mass is 32.2. The molecule has 1 atom stereocenters. The SMILES string of the molecule is CSc1ncc2cc(C#N)nc(N[C@@H]3CCCOC3)c2n1. The molecular formula is C14H15N5OS. The lowest BCUT2D eigenvalue weighted by Crippen LogP contribution is -2.30. The van der Waals surface area contributed by atoms with E-state index in [1.54, 1.807) is 12.3 Å². The highest BCUT2D eigenvalue weighted by Crippen LogP contribution is 2.24. The molecule has 0 amide bonds. The van der Waals surface area contributed by atoms with Crippen molar-refractivity contribution in [3.8, 4) is 6.07 Å². The first kappa shape index (κ1) is 14.0. The van der Waals surface area contributed by atoms with Crippen LogP contribution in [0.4, 0.5) is 5.82 Å². The molecule has 0 unspecified atom stereocenters. The summed E-state index contributed by atoms with van der Waals surface area (Å²) in [6.45, 7) is 1.46.